The number of ether oxygens (including phenoxy) is 1. The fourth-order valence-corrected chi connectivity index (χ4v) is 4.19. The first kappa shape index (κ1) is 18.6. The summed E-state index contributed by atoms with van der Waals surface area (Å²) in [6.07, 6.45) is 7.17. The van der Waals surface area contributed by atoms with Crippen LogP contribution in [0.5, 0.6) is 0 Å². The molecular weight excluding hydrogens is 288 g/mol. The van der Waals surface area contributed by atoms with Crippen molar-refractivity contribution in [3.05, 3.63) is 0 Å². The normalized spacial score (nSPS) is 33.2. The van der Waals surface area contributed by atoms with Gasteiger partial charge in [-0.05, 0) is 64.7 Å². The van der Waals surface area contributed by atoms with E-state index >= 15 is 0 Å². The molecule has 4 heteroatoms. The molecule has 2 rings (SSSR count). The van der Waals surface area contributed by atoms with Crippen LogP contribution in [0.3, 0.4) is 0 Å². The van der Waals surface area contributed by atoms with Gasteiger partial charge in [-0.15, -0.1) is 0 Å². The van der Waals surface area contributed by atoms with Crippen molar-refractivity contribution in [3.8, 4) is 0 Å². The van der Waals surface area contributed by atoms with E-state index < -0.39 is 5.60 Å². The Kier molecular flexibility index (Phi) is 6.35. The monoisotopic (exact) mass is 324 g/mol. The van der Waals surface area contributed by atoms with Crippen LogP contribution in [0.25, 0.3) is 0 Å². The molecule has 0 aromatic rings. The third-order valence-corrected chi connectivity index (χ3v) is 4.97. The second-order valence-electron chi connectivity index (χ2n) is 8.90. The predicted octanol–water partition coefficient (Wildman–Crippen LogP) is 4.19. The van der Waals surface area contributed by atoms with Gasteiger partial charge in [-0.1, -0.05) is 20.3 Å². The summed E-state index contributed by atoms with van der Waals surface area (Å²) in [6.45, 7) is 12.1. The van der Waals surface area contributed by atoms with Crippen molar-refractivity contribution in [2.75, 3.05) is 13.1 Å². The smallest absolute Gasteiger partial charge is 0.410 e. The van der Waals surface area contributed by atoms with E-state index in [1.165, 1.54) is 32.1 Å². The number of carbonyl (C=O) groups excluding carboxylic acids is 1. The van der Waals surface area contributed by atoms with Crippen LogP contribution in [0.1, 0.15) is 73.1 Å². The Hall–Kier alpha value is -0.770. The average Bonchev–Trinajstić information content (AvgIpc) is 2.61. The number of nitrogens with one attached hydrogen (secondary N) is 1. The molecule has 0 aromatic heterocycles. The van der Waals surface area contributed by atoms with Crippen LogP contribution in [0, 0.1) is 11.8 Å². The molecule has 1 aliphatic heterocycles. The lowest BCUT2D eigenvalue weighted by Crippen LogP contribution is -2.48. The fourth-order valence-electron chi connectivity index (χ4n) is 4.19. The van der Waals surface area contributed by atoms with Crippen LogP contribution in [0.4, 0.5) is 4.79 Å². The van der Waals surface area contributed by atoms with Crippen molar-refractivity contribution in [2.45, 2.75) is 90.8 Å². The second-order valence-corrected chi connectivity index (χ2v) is 8.90. The first-order chi connectivity index (χ1) is 10.7. The van der Waals surface area contributed by atoms with Crippen molar-refractivity contribution in [1.82, 2.24) is 10.2 Å². The highest BCUT2D eigenvalue weighted by molar-refractivity contribution is 5.68. The number of carbonyl (C=O) groups is 1. The van der Waals surface area contributed by atoms with Crippen molar-refractivity contribution in [3.63, 3.8) is 0 Å². The lowest BCUT2D eigenvalue weighted by Gasteiger charge is -2.35. The topological polar surface area (TPSA) is 41.6 Å². The van der Waals surface area contributed by atoms with Crippen LogP contribution < -0.4 is 5.32 Å². The summed E-state index contributed by atoms with van der Waals surface area (Å²) < 4.78 is 5.56. The molecule has 1 N–H and O–H groups in total. The van der Waals surface area contributed by atoms with E-state index in [2.05, 4.69) is 19.2 Å². The Morgan fingerprint density at radius 1 is 1.04 bits per heavy atom. The molecule has 23 heavy (non-hydrogen) atoms. The van der Waals surface area contributed by atoms with Gasteiger partial charge < -0.3 is 15.0 Å². The summed E-state index contributed by atoms with van der Waals surface area (Å²) in [5, 5.41) is 3.86. The molecule has 0 bridgehead atoms. The van der Waals surface area contributed by atoms with Gasteiger partial charge in [0.15, 0.2) is 0 Å². The first-order valence-electron chi connectivity index (χ1n) is 9.47. The molecule has 2 aliphatic rings. The quantitative estimate of drug-likeness (QED) is 0.828. The molecule has 4 nitrogen and oxygen atoms in total. The molecule has 3 atom stereocenters. The third-order valence-electron chi connectivity index (χ3n) is 4.97. The van der Waals surface area contributed by atoms with Crippen molar-refractivity contribution >= 4 is 6.09 Å². The van der Waals surface area contributed by atoms with Gasteiger partial charge in [-0.3, -0.25) is 0 Å². The van der Waals surface area contributed by atoms with Gasteiger partial charge in [0.25, 0.3) is 0 Å². The maximum Gasteiger partial charge on any atom is 0.410 e. The number of likely N-dealkylation sites (tertiary alicyclic amines) is 1. The first-order valence-corrected chi connectivity index (χ1v) is 9.47. The van der Waals surface area contributed by atoms with Crippen LogP contribution in [-0.4, -0.2) is 41.8 Å². The van der Waals surface area contributed by atoms with Gasteiger partial charge in [-0.25, -0.2) is 4.79 Å². The minimum atomic E-state index is -0.416. The third kappa shape index (κ3) is 6.33. The molecular formula is C19H36N2O2. The van der Waals surface area contributed by atoms with Crippen molar-refractivity contribution in [2.24, 2.45) is 11.8 Å². The highest BCUT2D eigenvalue weighted by Gasteiger charge is 2.29. The number of hydrogen-bond acceptors (Lipinski definition) is 3. The fraction of sp³-hybridized carbons (Fsp3) is 0.947. The van der Waals surface area contributed by atoms with Crippen molar-refractivity contribution in [1.29, 1.82) is 0 Å². The van der Waals surface area contributed by atoms with E-state index in [-0.39, 0.29) is 6.09 Å². The van der Waals surface area contributed by atoms with E-state index in [4.69, 9.17) is 4.74 Å². The Labute approximate surface area is 142 Å². The highest BCUT2D eigenvalue weighted by Crippen LogP contribution is 2.29. The van der Waals surface area contributed by atoms with E-state index in [1.54, 1.807) is 0 Å². The lowest BCUT2D eigenvalue weighted by atomic mass is 9.80. The largest absolute Gasteiger partial charge is 0.444 e. The average molecular weight is 325 g/mol. The molecule has 2 fully saturated rings. The lowest BCUT2D eigenvalue weighted by molar-refractivity contribution is 0.0239. The van der Waals surface area contributed by atoms with E-state index in [9.17, 15) is 4.79 Å². The minimum absolute atomic E-state index is 0.156. The standard InChI is InChI=1S/C19H36N2O2/c1-14-10-15(2)12-17(11-14)20-16-8-6-7-9-21(13-16)18(22)23-19(3,4)5/h14-17,20H,6-13H2,1-5H3. The molecule has 0 radical (unpaired) electrons. The van der Waals surface area contributed by atoms with E-state index in [0.29, 0.717) is 12.1 Å². The summed E-state index contributed by atoms with van der Waals surface area (Å²) in [4.78, 5) is 14.3. The molecule has 1 saturated heterocycles. The zero-order valence-electron chi connectivity index (χ0n) is 15.7. The Morgan fingerprint density at radius 2 is 1.70 bits per heavy atom. The molecule has 3 unspecified atom stereocenters. The van der Waals surface area contributed by atoms with Crippen LogP contribution in [-0.2, 0) is 4.74 Å². The summed E-state index contributed by atoms with van der Waals surface area (Å²) >= 11 is 0. The number of hydrogen-bond donors (Lipinski definition) is 1. The summed E-state index contributed by atoms with van der Waals surface area (Å²) in [5.41, 5.74) is -0.416. The molecule has 0 spiro atoms. The SMILES string of the molecule is CC1CC(C)CC(NC2CCCCN(C(=O)OC(C)(C)C)C2)C1. The van der Waals surface area contributed by atoms with Crippen LogP contribution >= 0.6 is 0 Å². The number of rotatable bonds is 2. The van der Waals surface area contributed by atoms with Gasteiger partial charge in [-0.2, -0.15) is 0 Å². The molecule has 1 aliphatic carbocycles. The van der Waals surface area contributed by atoms with Gasteiger partial charge >= 0.3 is 6.09 Å². The van der Waals surface area contributed by atoms with Crippen LogP contribution in [0.2, 0.25) is 0 Å². The molecule has 0 aromatic carbocycles. The number of nitrogens with zero attached hydrogens (tertiary/aromatic N) is 1. The second kappa shape index (κ2) is 7.87. The molecule has 1 saturated carbocycles. The molecule has 1 heterocycles. The maximum atomic E-state index is 12.4. The Balaban J connectivity index is 1.90. The maximum absolute atomic E-state index is 12.4. The van der Waals surface area contributed by atoms with Crippen molar-refractivity contribution < 1.29 is 9.53 Å². The Morgan fingerprint density at radius 3 is 2.30 bits per heavy atom. The van der Waals surface area contributed by atoms with Crippen LogP contribution in [0.15, 0.2) is 0 Å². The molecule has 1 amide bonds. The summed E-state index contributed by atoms with van der Waals surface area (Å²) in [6, 6.07) is 1.02. The highest BCUT2D eigenvalue weighted by atomic mass is 16.6. The van der Waals surface area contributed by atoms with E-state index in [1.807, 2.05) is 25.7 Å². The Bertz CT molecular complexity index is 381. The zero-order valence-corrected chi connectivity index (χ0v) is 15.7. The summed E-state index contributed by atoms with van der Waals surface area (Å²) in [7, 11) is 0. The molecule has 134 valence electrons. The zero-order chi connectivity index (χ0) is 17.0. The van der Waals surface area contributed by atoms with Gasteiger partial charge in [0.1, 0.15) is 5.60 Å². The van der Waals surface area contributed by atoms with Gasteiger partial charge in [0.05, 0.1) is 0 Å². The van der Waals surface area contributed by atoms with Gasteiger partial charge in [0, 0.05) is 25.2 Å². The number of amides is 1. The predicted molar refractivity (Wildman–Crippen MR) is 94.5 cm³/mol. The minimum Gasteiger partial charge on any atom is -0.444 e. The van der Waals surface area contributed by atoms with Gasteiger partial charge in [0.2, 0.25) is 0 Å². The van der Waals surface area contributed by atoms with E-state index in [0.717, 1.165) is 31.3 Å². The summed E-state index contributed by atoms with van der Waals surface area (Å²) in [5.74, 6) is 1.62.